The molecule has 2 N–H and O–H groups in total. The minimum absolute atomic E-state index is 0.104. The van der Waals surface area contributed by atoms with Crippen LogP contribution in [0.2, 0.25) is 0 Å². The lowest BCUT2D eigenvalue weighted by Gasteiger charge is -2.09. The summed E-state index contributed by atoms with van der Waals surface area (Å²) in [7, 11) is -2.45. The predicted octanol–water partition coefficient (Wildman–Crippen LogP) is 1.39. The topological polar surface area (TPSA) is 69.4 Å². The van der Waals surface area contributed by atoms with Gasteiger partial charge in [0.15, 0.2) is 11.6 Å². The van der Waals surface area contributed by atoms with Gasteiger partial charge in [-0.3, -0.25) is 0 Å². The number of nitrogens with two attached hydrogens (primary N) is 1. The van der Waals surface area contributed by atoms with Crippen LogP contribution < -0.4 is 9.88 Å². The molecule has 0 spiro atoms. The second-order valence-electron chi connectivity index (χ2n) is 2.89. The highest BCUT2D eigenvalue weighted by Gasteiger charge is 2.15. The summed E-state index contributed by atoms with van der Waals surface area (Å²) in [6, 6.07) is 2.64. The monoisotopic (exact) mass is 297 g/mol. The summed E-state index contributed by atoms with van der Waals surface area (Å²) in [5.41, 5.74) is 0.187. The first-order valence-electron chi connectivity index (χ1n) is 3.86. The first kappa shape index (κ1) is 12.4. The molecule has 1 aromatic rings. The van der Waals surface area contributed by atoms with E-state index in [9.17, 15) is 12.8 Å². The highest BCUT2D eigenvalue weighted by Crippen LogP contribution is 2.28. The van der Waals surface area contributed by atoms with Crippen LogP contribution in [0.4, 0.5) is 4.39 Å². The molecule has 0 heterocycles. The molecule has 0 aliphatic carbocycles. The number of hydrogen-bond donors (Lipinski definition) is 1. The van der Waals surface area contributed by atoms with Gasteiger partial charge in [-0.05, 0) is 12.1 Å². The summed E-state index contributed by atoms with van der Waals surface area (Å²) in [6.07, 6.45) is 0. The van der Waals surface area contributed by atoms with Gasteiger partial charge in [0, 0.05) is 10.0 Å². The first-order chi connectivity index (χ1) is 6.83. The van der Waals surface area contributed by atoms with Gasteiger partial charge in [0.05, 0.1) is 12.9 Å². The molecular weight excluding hydrogens is 289 g/mol. The first-order valence-corrected chi connectivity index (χ1v) is 6.36. The fourth-order valence-electron chi connectivity index (χ4n) is 1.17. The summed E-state index contributed by atoms with van der Waals surface area (Å²) >= 11 is 3.05. The predicted molar refractivity (Wildman–Crippen MR) is 57.5 cm³/mol. The Morgan fingerprint density at radius 2 is 2.13 bits per heavy atom. The summed E-state index contributed by atoms with van der Waals surface area (Å²) in [5, 5.41) is 4.87. The Kier molecular flexibility index (Phi) is 3.69. The Balaban J connectivity index is 3.27. The number of sulfonamides is 1. The number of primary sulfonamides is 1. The molecule has 0 saturated heterocycles. The second kappa shape index (κ2) is 4.46. The third kappa shape index (κ3) is 3.44. The molecule has 0 aliphatic heterocycles. The third-order valence-corrected chi connectivity index (χ3v) is 2.82. The van der Waals surface area contributed by atoms with Crippen molar-refractivity contribution in [1.29, 1.82) is 0 Å². The van der Waals surface area contributed by atoms with E-state index in [4.69, 9.17) is 9.88 Å². The molecule has 15 heavy (non-hydrogen) atoms. The molecule has 0 radical (unpaired) electrons. The van der Waals surface area contributed by atoms with Gasteiger partial charge in [0.1, 0.15) is 0 Å². The van der Waals surface area contributed by atoms with Crippen LogP contribution in [0.3, 0.4) is 0 Å². The molecule has 0 saturated carbocycles. The summed E-state index contributed by atoms with van der Waals surface area (Å²) in [6.45, 7) is 0. The molecule has 0 aromatic heterocycles. The van der Waals surface area contributed by atoms with Gasteiger partial charge < -0.3 is 4.74 Å². The summed E-state index contributed by atoms with van der Waals surface area (Å²) < 4.78 is 40.2. The van der Waals surface area contributed by atoms with Crippen molar-refractivity contribution in [2.24, 2.45) is 5.14 Å². The minimum Gasteiger partial charge on any atom is -0.493 e. The van der Waals surface area contributed by atoms with Gasteiger partial charge in [-0.15, -0.1) is 0 Å². The van der Waals surface area contributed by atoms with E-state index < -0.39 is 21.6 Å². The van der Waals surface area contributed by atoms with Crippen LogP contribution in [0.25, 0.3) is 0 Å². The number of hydrogen-bond acceptors (Lipinski definition) is 3. The van der Waals surface area contributed by atoms with Crippen molar-refractivity contribution in [2.75, 3.05) is 7.11 Å². The van der Waals surface area contributed by atoms with E-state index in [1.165, 1.54) is 19.2 Å². The van der Waals surface area contributed by atoms with Crippen molar-refractivity contribution in [2.45, 2.75) is 5.75 Å². The zero-order valence-electron chi connectivity index (χ0n) is 7.83. The SMILES string of the molecule is COc1c(F)cc(Br)cc1CS(N)(=O)=O. The molecule has 4 nitrogen and oxygen atoms in total. The van der Waals surface area contributed by atoms with Crippen molar-refractivity contribution in [3.63, 3.8) is 0 Å². The van der Waals surface area contributed by atoms with Gasteiger partial charge in [-0.25, -0.2) is 17.9 Å². The summed E-state index contributed by atoms with van der Waals surface area (Å²) in [5.74, 6) is -1.20. The Labute approximate surface area is 95.4 Å². The van der Waals surface area contributed by atoms with E-state index in [1.807, 2.05) is 0 Å². The maximum atomic E-state index is 13.3. The average molecular weight is 298 g/mol. The lowest BCUT2D eigenvalue weighted by atomic mass is 10.2. The normalized spacial score (nSPS) is 11.5. The molecule has 7 heteroatoms. The molecule has 0 atom stereocenters. The van der Waals surface area contributed by atoms with Crippen LogP contribution in [0.1, 0.15) is 5.56 Å². The van der Waals surface area contributed by atoms with Crippen molar-refractivity contribution in [3.8, 4) is 5.75 Å². The van der Waals surface area contributed by atoms with Gasteiger partial charge >= 0.3 is 0 Å². The van der Waals surface area contributed by atoms with Crippen LogP contribution >= 0.6 is 15.9 Å². The van der Waals surface area contributed by atoms with E-state index in [0.29, 0.717) is 4.47 Å². The molecule has 0 bridgehead atoms. The standard InChI is InChI=1S/C8H9BrFNO3S/c1-14-8-5(4-15(11,12)13)2-6(9)3-7(8)10/h2-3H,4H2,1H3,(H2,11,12,13). The van der Waals surface area contributed by atoms with Crippen LogP contribution in [0, 0.1) is 5.82 Å². The smallest absolute Gasteiger partial charge is 0.213 e. The molecule has 0 fully saturated rings. The zero-order chi connectivity index (χ0) is 11.6. The van der Waals surface area contributed by atoms with Crippen LogP contribution in [0.15, 0.2) is 16.6 Å². The maximum Gasteiger partial charge on any atom is 0.213 e. The highest BCUT2D eigenvalue weighted by molar-refractivity contribution is 9.10. The maximum absolute atomic E-state index is 13.3. The van der Waals surface area contributed by atoms with Gasteiger partial charge in [0.25, 0.3) is 0 Å². The molecule has 0 aliphatic rings. The van der Waals surface area contributed by atoms with Crippen LogP contribution in [-0.4, -0.2) is 15.5 Å². The Morgan fingerprint density at radius 1 is 1.53 bits per heavy atom. The molecular formula is C8H9BrFNO3S. The van der Waals surface area contributed by atoms with E-state index in [2.05, 4.69) is 15.9 Å². The van der Waals surface area contributed by atoms with E-state index in [1.54, 1.807) is 0 Å². The zero-order valence-corrected chi connectivity index (χ0v) is 10.2. The number of rotatable bonds is 3. The van der Waals surface area contributed by atoms with Gasteiger partial charge in [-0.1, -0.05) is 15.9 Å². The second-order valence-corrected chi connectivity index (χ2v) is 5.42. The molecule has 1 aromatic carbocycles. The average Bonchev–Trinajstić information content (AvgIpc) is 1.99. The molecule has 0 unspecified atom stereocenters. The molecule has 84 valence electrons. The Morgan fingerprint density at radius 3 is 2.60 bits per heavy atom. The number of ether oxygens (including phenoxy) is 1. The Hall–Kier alpha value is -0.660. The lowest BCUT2D eigenvalue weighted by molar-refractivity contribution is 0.382. The van der Waals surface area contributed by atoms with Crippen molar-refractivity contribution in [1.82, 2.24) is 0 Å². The van der Waals surface area contributed by atoms with Crippen LogP contribution in [0.5, 0.6) is 5.75 Å². The number of benzene rings is 1. The highest BCUT2D eigenvalue weighted by atomic mass is 79.9. The third-order valence-electron chi connectivity index (χ3n) is 1.65. The largest absolute Gasteiger partial charge is 0.493 e. The van der Waals surface area contributed by atoms with E-state index >= 15 is 0 Å². The van der Waals surface area contributed by atoms with Gasteiger partial charge in [-0.2, -0.15) is 0 Å². The van der Waals surface area contributed by atoms with Crippen molar-refractivity contribution >= 4 is 26.0 Å². The van der Waals surface area contributed by atoms with E-state index in [0.717, 1.165) is 0 Å². The number of methoxy groups -OCH3 is 1. The minimum atomic E-state index is -3.71. The molecule has 0 amide bonds. The fourth-order valence-corrected chi connectivity index (χ4v) is 2.29. The number of halogens is 2. The van der Waals surface area contributed by atoms with Crippen molar-refractivity contribution < 1.29 is 17.5 Å². The van der Waals surface area contributed by atoms with Crippen LogP contribution in [-0.2, 0) is 15.8 Å². The Bertz CT molecular complexity index is 475. The quantitative estimate of drug-likeness (QED) is 0.916. The van der Waals surface area contributed by atoms with Gasteiger partial charge in [0.2, 0.25) is 10.0 Å². The summed E-state index contributed by atoms with van der Waals surface area (Å²) in [4.78, 5) is 0. The fraction of sp³-hybridized carbons (Fsp3) is 0.250. The lowest BCUT2D eigenvalue weighted by Crippen LogP contribution is -2.15. The molecule has 1 rings (SSSR count). The van der Waals surface area contributed by atoms with E-state index in [-0.39, 0.29) is 11.3 Å². The van der Waals surface area contributed by atoms with Crippen molar-refractivity contribution in [3.05, 3.63) is 28.0 Å².